The zero-order chi connectivity index (χ0) is 11.5. The van der Waals surface area contributed by atoms with Crippen LogP contribution in [0.4, 0.5) is 4.39 Å². The van der Waals surface area contributed by atoms with E-state index in [4.69, 9.17) is 11.6 Å². The molecule has 0 aliphatic rings. The predicted molar refractivity (Wildman–Crippen MR) is 56.1 cm³/mol. The average molecular weight is 253 g/mol. The molecule has 1 aromatic rings. The first-order valence-electron chi connectivity index (χ1n) is 4.31. The van der Waals surface area contributed by atoms with Crippen molar-refractivity contribution in [3.63, 3.8) is 0 Å². The molecular weight excluding hydrogens is 243 g/mol. The highest BCUT2D eigenvalue weighted by Crippen LogP contribution is 2.21. The van der Waals surface area contributed by atoms with E-state index in [1.165, 1.54) is 6.07 Å². The molecule has 0 fully saturated rings. The van der Waals surface area contributed by atoms with Gasteiger partial charge in [0.1, 0.15) is 11.6 Å². The van der Waals surface area contributed by atoms with Gasteiger partial charge in [0.2, 0.25) is 0 Å². The summed E-state index contributed by atoms with van der Waals surface area (Å²) in [6, 6.07) is 3.29. The summed E-state index contributed by atoms with van der Waals surface area (Å²) in [4.78, 5) is 0. The van der Waals surface area contributed by atoms with Crippen molar-refractivity contribution in [3.8, 4) is 5.75 Å². The standard InChI is InChI=1S/C9H10ClFO3S/c1-2-3-15(12,13)14-9-5-7(10)4-8(11)6-9/h4-6H,2-3H2,1H3. The molecule has 0 aliphatic heterocycles. The van der Waals surface area contributed by atoms with E-state index in [1.54, 1.807) is 6.92 Å². The quantitative estimate of drug-likeness (QED) is 0.774. The van der Waals surface area contributed by atoms with Gasteiger partial charge in [0.25, 0.3) is 0 Å². The lowest BCUT2D eigenvalue weighted by atomic mass is 10.3. The molecule has 0 saturated heterocycles. The molecule has 84 valence electrons. The van der Waals surface area contributed by atoms with Crippen LogP contribution in [-0.2, 0) is 10.1 Å². The first-order chi connectivity index (χ1) is 6.93. The maximum Gasteiger partial charge on any atom is 0.309 e. The lowest BCUT2D eigenvalue weighted by Gasteiger charge is -2.05. The van der Waals surface area contributed by atoms with Gasteiger partial charge in [-0.3, -0.25) is 0 Å². The summed E-state index contributed by atoms with van der Waals surface area (Å²) in [5.41, 5.74) is 0. The first kappa shape index (κ1) is 12.3. The lowest BCUT2D eigenvalue weighted by molar-refractivity contribution is 0.482. The van der Waals surface area contributed by atoms with E-state index in [9.17, 15) is 12.8 Å². The van der Waals surface area contributed by atoms with Crippen molar-refractivity contribution in [2.45, 2.75) is 13.3 Å². The van der Waals surface area contributed by atoms with E-state index in [-0.39, 0.29) is 16.5 Å². The minimum Gasteiger partial charge on any atom is -0.382 e. The van der Waals surface area contributed by atoms with Gasteiger partial charge >= 0.3 is 10.1 Å². The van der Waals surface area contributed by atoms with Crippen LogP contribution in [0.15, 0.2) is 18.2 Å². The molecule has 1 rings (SSSR count). The molecule has 0 radical (unpaired) electrons. The molecule has 6 heteroatoms. The van der Waals surface area contributed by atoms with Gasteiger partial charge in [-0.15, -0.1) is 0 Å². The second-order valence-corrected chi connectivity index (χ2v) is 5.08. The third-order valence-corrected chi connectivity index (χ3v) is 3.09. The first-order valence-corrected chi connectivity index (χ1v) is 6.27. The molecule has 0 saturated carbocycles. The van der Waals surface area contributed by atoms with Crippen LogP contribution in [-0.4, -0.2) is 14.2 Å². The topological polar surface area (TPSA) is 43.4 Å². The second-order valence-electron chi connectivity index (χ2n) is 2.95. The molecule has 0 unspecified atom stereocenters. The monoisotopic (exact) mass is 252 g/mol. The summed E-state index contributed by atoms with van der Waals surface area (Å²) in [5.74, 6) is -0.848. The van der Waals surface area contributed by atoms with E-state index in [1.807, 2.05) is 0 Å². The highest BCUT2D eigenvalue weighted by Gasteiger charge is 2.12. The summed E-state index contributed by atoms with van der Waals surface area (Å²) in [6.45, 7) is 1.71. The van der Waals surface area contributed by atoms with Gasteiger partial charge in [-0.2, -0.15) is 8.42 Å². The molecule has 0 heterocycles. The fourth-order valence-electron chi connectivity index (χ4n) is 1.01. The molecule has 0 spiro atoms. The van der Waals surface area contributed by atoms with Gasteiger partial charge in [-0.05, 0) is 12.5 Å². The van der Waals surface area contributed by atoms with Gasteiger partial charge < -0.3 is 4.18 Å². The van der Waals surface area contributed by atoms with Crippen molar-refractivity contribution in [2.75, 3.05) is 5.75 Å². The maximum absolute atomic E-state index is 12.8. The van der Waals surface area contributed by atoms with Gasteiger partial charge in [0, 0.05) is 17.2 Å². The van der Waals surface area contributed by atoms with Gasteiger partial charge in [-0.25, -0.2) is 4.39 Å². The van der Waals surface area contributed by atoms with Crippen LogP contribution in [0.3, 0.4) is 0 Å². The Kier molecular flexibility index (Phi) is 3.93. The summed E-state index contributed by atoms with van der Waals surface area (Å²) < 4.78 is 40.0. The van der Waals surface area contributed by atoms with Crippen molar-refractivity contribution in [1.29, 1.82) is 0 Å². The number of rotatable bonds is 4. The zero-order valence-corrected chi connectivity index (χ0v) is 9.61. The van der Waals surface area contributed by atoms with Crippen molar-refractivity contribution in [1.82, 2.24) is 0 Å². The molecule has 0 aliphatic carbocycles. The summed E-state index contributed by atoms with van der Waals surface area (Å²) in [7, 11) is -3.64. The van der Waals surface area contributed by atoms with E-state index in [0.717, 1.165) is 12.1 Å². The SMILES string of the molecule is CCCS(=O)(=O)Oc1cc(F)cc(Cl)c1. The molecule has 0 aromatic heterocycles. The minimum atomic E-state index is -3.64. The normalized spacial score (nSPS) is 11.4. The summed E-state index contributed by atoms with van der Waals surface area (Å²) in [6.07, 6.45) is 0.436. The number of hydrogen-bond acceptors (Lipinski definition) is 3. The zero-order valence-electron chi connectivity index (χ0n) is 8.04. The molecule has 0 N–H and O–H groups in total. The summed E-state index contributed by atoms with van der Waals surface area (Å²) >= 11 is 5.54. The van der Waals surface area contributed by atoms with Crippen LogP contribution in [0.25, 0.3) is 0 Å². The van der Waals surface area contributed by atoms with E-state index in [0.29, 0.717) is 6.42 Å². The number of hydrogen-bond donors (Lipinski definition) is 0. The Morgan fingerprint density at radius 3 is 2.60 bits per heavy atom. The largest absolute Gasteiger partial charge is 0.382 e. The molecular formula is C9H10ClFO3S. The van der Waals surface area contributed by atoms with Crippen molar-refractivity contribution in [2.24, 2.45) is 0 Å². The van der Waals surface area contributed by atoms with Crippen LogP contribution >= 0.6 is 11.6 Å². The van der Waals surface area contributed by atoms with Crippen LogP contribution in [0, 0.1) is 5.82 Å². The Morgan fingerprint density at radius 2 is 2.07 bits per heavy atom. The van der Waals surface area contributed by atoms with Gasteiger partial charge in [0.05, 0.1) is 5.75 Å². The Hall–Kier alpha value is -0.810. The fourth-order valence-corrected chi connectivity index (χ4v) is 2.20. The maximum atomic E-state index is 12.8. The third-order valence-electron chi connectivity index (χ3n) is 1.51. The summed E-state index contributed by atoms with van der Waals surface area (Å²) in [5, 5.41) is 0.0942. The van der Waals surface area contributed by atoms with Crippen molar-refractivity contribution >= 4 is 21.7 Å². The van der Waals surface area contributed by atoms with Gasteiger partial charge in [0.15, 0.2) is 0 Å². The Bertz CT molecular complexity index is 424. The highest BCUT2D eigenvalue weighted by molar-refractivity contribution is 7.87. The van der Waals surface area contributed by atoms with Crippen LogP contribution in [0.2, 0.25) is 5.02 Å². The molecule has 1 aromatic carbocycles. The Balaban J connectivity index is 2.90. The fraction of sp³-hybridized carbons (Fsp3) is 0.333. The second kappa shape index (κ2) is 4.81. The molecule has 0 bridgehead atoms. The van der Waals surface area contributed by atoms with E-state index < -0.39 is 15.9 Å². The molecule has 0 amide bonds. The molecule has 3 nitrogen and oxygen atoms in total. The van der Waals surface area contributed by atoms with Gasteiger partial charge in [-0.1, -0.05) is 18.5 Å². The van der Waals surface area contributed by atoms with Crippen molar-refractivity contribution < 1.29 is 17.0 Å². The Labute approximate surface area is 92.9 Å². The number of benzene rings is 1. The highest BCUT2D eigenvalue weighted by atomic mass is 35.5. The molecule has 15 heavy (non-hydrogen) atoms. The van der Waals surface area contributed by atoms with Crippen LogP contribution in [0.1, 0.15) is 13.3 Å². The minimum absolute atomic E-state index is 0.0942. The number of halogens is 2. The van der Waals surface area contributed by atoms with Crippen LogP contribution < -0.4 is 4.18 Å². The van der Waals surface area contributed by atoms with Crippen LogP contribution in [0.5, 0.6) is 5.75 Å². The van der Waals surface area contributed by atoms with E-state index >= 15 is 0 Å². The smallest absolute Gasteiger partial charge is 0.309 e. The predicted octanol–water partition coefficient (Wildman–Crippen LogP) is 2.60. The third kappa shape index (κ3) is 4.05. The molecule has 0 atom stereocenters. The van der Waals surface area contributed by atoms with E-state index in [2.05, 4.69) is 4.18 Å². The Morgan fingerprint density at radius 1 is 1.40 bits per heavy atom. The average Bonchev–Trinajstić information content (AvgIpc) is 1.99. The van der Waals surface area contributed by atoms with Crippen molar-refractivity contribution in [3.05, 3.63) is 29.0 Å². The lowest BCUT2D eigenvalue weighted by Crippen LogP contribution is -2.13.